The van der Waals surface area contributed by atoms with E-state index in [1.54, 1.807) is 13.1 Å². The van der Waals surface area contributed by atoms with Crippen LogP contribution in [0.5, 0.6) is 0 Å². The molecule has 0 aliphatic rings. The number of benzene rings is 1. The normalized spacial score (nSPS) is 11.0. The van der Waals surface area contributed by atoms with Gasteiger partial charge in [-0.15, -0.1) is 0 Å². The second-order valence-electron chi connectivity index (χ2n) is 3.38. The van der Waals surface area contributed by atoms with Gasteiger partial charge >= 0.3 is 5.69 Å². The molecule has 0 fully saturated rings. The summed E-state index contributed by atoms with van der Waals surface area (Å²) in [6.45, 7) is 0.744. The lowest BCUT2D eigenvalue weighted by Gasteiger charge is -1.98. The lowest BCUT2D eigenvalue weighted by atomic mass is 10.1. The maximum Gasteiger partial charge on any atom is 0.340 e. The zero-order chi connectivity index (χ0) is 12.8. The van der Waals surface area contributed by atoms with Crippen molar-refractivity contribution in [1.29, 1.82) is 0 Å². The predicted molar refractivity (Wildman–Crippen MR) is 60.6 cm³/mol. The molecule has 1 aromatic rings. The van der Waals surface area contributed by atoms with Gasteiger partial charge in [0.05, 0.1) is 4.92 Å². The van der Waals surface area contributed by atoms with Gasteiger partial charge in [-0.3, -0.25) is 10.1 Å². The fourth-order valence-corrected chi connectivity index (χ4v) is 1.30. The smallest absolute Gasteiger partial charge is 0.319 e. The number of nitrogens with zero attached hydrogens (tertiary/aromatic N) is 1. The fraction of sp³-hybridized carbons (Fsp3) is 0.273. The Bertz CT molecular complexity index is 424. The Labute approximate surface area is 97.1 Å². The maximum absolute atomic E-state index is 13.2. The Morgan fingerprint density at radius 2 is 2.00 bits per heavy atom. The molecular formula is C11H12F2N2O2. The summed E-state index contributed by atoms with van der Waals surface area (Å²) in [6, 6.07) is 1.88. The van der Waals surface area contributed by atoms with E-state index >= 15 is 0 Å². The number of halogens is 2. The van der Waals surface area contributed by atoms with E-state index in [9.17, 15) is 18.9 Å². The Morgan fingerprint density at radius 3 is 2.47 bits per heavy atom. The topological polar surface area (TPSA) is 55.2 Å². The van der Waals surface area contributed by atoms with Gasteiger partial charge in [-0.2, -0.15) is 8.78 Å². The third-order valence-corrected chi connectivity index (χ3v) is 2.09. The summed E-state index contributed by atoms with van der Waals surface area (Å²) in [6.07, 6.45) is 3.96. The van der Waals surface area contributed by atoms with Gasteiger partial charge in [-0.25, -0.2) is 0 Å². The third kappa shape index (κ3) is 3.60. The molecule has 0 saturated carbocycles. The molecule has 4 nitrogen and oxygen atoms in total. The molecule has 92 valence electrons. The molecule has 1 rings (SSSR count). The molecule has 0 spiro atoms. The van der Waals surface area contributed by atoms with E-state index in [1.807, 2.05) is 0 Å². The van der Waals surface area contributed by atoms with Gasteiger partial charge in [0.1, 0.15) is 0 Å². The summed E-state index contributed by atoms with van der Waals surface area (Å²) < 4.78 is 26.4. The van der Waals surface area contributed by atoms with E-state index in [0.717, 1.165) is 18.7 Å². The molecule has 17 heavy (non-hydrogen) atoms. The molecule has 0 radical (unpaired) electrons. The Kier molecular flexibility index (Phi) is 4.71. The van der Waals surface area contributed by atoms with Crippen molar-refractivity contribution >= 4 is 11.8 Å². The van der Waals surface area contributed by atoms with Crippen molar-refractivity contribution in [3.8, 4) is 0 Å². The Morgan fingerprint density at radius 1 is 1.41 bits per heavy atom. The summed E-state index contributed by atoms with van der Waals surface area (Å²) in [4.78, 5) is 9.28. The molecule has 0 amide bonds. The van der Waals surface area contributed by atoms with Crippen molar-refractivity contribution < 1.29 is 13.7 Å². The van der Waals surface area contributed by atoms with Crippen molar-refractivity contribution in [2.45, 2.75) is 6.42 Å². The highest BCUT2D eigenvalue weighted by atomic mass is 19.1. The van der Waals surface area contributed by atoms with Gasteiger partial charge in [0.15, 0.2) is 0 Å². The van der Waals surface area contributed by atoms with E-state index in [2.05, 4.69) is 5.32 Å². The van der Waals surface area contributed by atoms with Gasteiger partial charge in [0.25, 0.3) is 0 Å². The van der Waals surface area contributed by atoms with Gasteiger partial charge in [0, 0.05) is 0 Å². The monoisotopic (exact) mass is 242 g/mol. The van der Waals surface area contributed by atoms with Gasteiger partial charge < -0.3 is 5.32 Å². The lowest BCUT2D eigenvalue weighted by molar-refractivity contribution is -0.390. The Balaban J connectivity index is 2.91. The molecule has 0 saturated heterocycles. The van der Waals surface area contributed by atoms with E-state index in [-0.39, 0.29) is 5.56 Å². The molecule has 0 atom stereocenters. The van der Waals surface area contributed by atoms with Crippen LogP contribution in [0.15, 0.2) is 18.2 Å². The average molecular weight is 242 g/mol. The SMILES string of the molecule is CNCCC=Cc1cc(F)c([N+](=O)[O-])c(F)c1. The van der Waals surface area contributed by atoms with Crippen LogP contribution in [0.3, 0.4) is 0 Å². The summed E-state index contributed by atoms with van der Waals surface area (Å²) in [5.74, 6) is -2.33. The first-order valence-corrected chi connectivity index (χ1v) is 5.01. The predicted octanol–water partition coefficient (Wildman–Crippen LogP) is 2.50. The first kappa shape index (κ1) is 13.2. The van der Waals surface area contributed by atoms with Crippen LogP contribution in [0.4, 0.5) is 14.5 Å². The molecule has 0 aliphatic carbocycles. The number of hydrogen-bond acceptors (Lipinski definition) is 3. The molecular weight excluding hydrogens is 230 g/mol. The molecule has 0 aliphatic heterocycles. The highest BCUT2D eigenvalue weighted by Crippen LogP contribution is 2.23. The van der Waals surface area contributed by atoms with Crippen LogP contribution in [0.2, 0.25) is 0 Å². The summed E-state index contributed by atoms with van der Waals surface area (Å²) in [5, 5.41) is 13.3. The maximum atomic E-state index is 13.2. The van der Waals surface area contributed by atoms with Crippen LogP contribution in [-0.4, -0.2) is 18.5 Å². The number of nitrogens with one attached hydrogen (secondary N) is 1. The zero-order valence-corrected chi connectivity index (χ0v) is 9.24. The summed E-state index contributed by atoms with van der Waals surface area (Å²) in [5.41, 5.74) is -0.848. The number of nitro groups is 1. The average Bonchev–Trinajstić information content (AvgIpc) is 2.23. The molecule has 0 aromatic heterocycles. The quantitative estimate of drug-likeness (QED) is 0.490. The summed E-state index contributed by atoms with van der Waals surface area (Å²) in [7, 11) is 1.79. The van der Waals surface area contributed by atoms with Crippen LogP contribution in [-0.2, 0) is 0 Å². The third-order valence-electron chi connectivity index (χ3n) is 2.09. The van der Waals surface area contributed by atoms with E-state index in [4.69, 9.17) is 0 Å². The molecule has 0 heterocycles. The lowest BCUT2D eigenvalue weighted by Crippen LogP contribution is -2.05. The zero-order valence-electron chi connectivity index (χ0n) is 9.24. The van der Waals surface area contributed by atoms with Gasteiger partial charge in [0.2, 0.25) is 11.6 Å². The number of rotatable bonds is 5. The van der Waals surface area contributed by atoms with Gasteiger partial charge in [-0.05, 0) is 37.7 Å². The molecule has 6 heteroatoms. The van der Waals surface area contributed by atoms with Crippen molar-refractivity contribution in [3.05, 3.63) is 45.5 Å². The van der Waals surface area contributed by atoms with E-state index in [1.165, 1.54) is 6.08 Å². The number of hydrogen-bond donors (Lipinski definition) is 1. The van der Waals surface area contributed by atoms with E-state index < -0.39 is 22.2 Å². The highest BCUT2D eigenvalue weighted by Gasteiger charge is 2.21. The largest absolute Gasteiger partial charge is 0.340 e. The first-order chi connectivity index (χ1) is 8.06. The number of nitro benzene ring substituents is 1. The standard InChI is InChI=1S/C11H12F2N2O2/c1-14-5-3-2-4-8-6-9(12)11(15(16)17)10(13)7-8/h2,4,6-7,14H,3,5H2,1H3. The van der Waals surface area contributed by atoms with Crippen molar-refractivity contribution in [2.24, 2.45) is 0 Å². The van der Waals surface area contributed by atoms with Crippen LogP contribution >= 0.6 is 0 Å². The molecule has 0 bridgehead atoms. The molecule has 0 unspecified atom stereocenters. The van der Waals surface area contributed by atoms with Crippen LogP contribution in [0, 0.1) is 21.7 Å². The van der Waals surface area contributed by atoms with Crippen LogP contribution in [0.1, 0.15) is 12.0 Å². The first-order valence-electron chi connectivity index (χ1n) is 5.01. The highest BCUT2D eigenvalue weighted by molar-refractivity contribution is 5.53. The van der Waals surface area contributed by atoms with Crippen molar-refractivity contribution in [3.63, 3.8) is 0 Å². The molecule has 1 aromatic carbocycles. The van der Waals surface area contributed by atoms with E-state index in [0.29, 0.717) is 6.42 Å². The minimum atomic E-state index is -1.16. The second-order valence-corrected chi connectivity index (χ2v) is 3.38. The van der Waals surface area contributed by atoms with Crippen molar-refractivity contribution in [2.75, 3.05) is 13.6 Å². The van der Waals surface area contributed by atoms with Crippen molar-refractivity contribution in [1.82, 2.24) is 5.32 Å². The van der Waals surface area contributed by atoms with Crippen LogP contribution in [0.25, 0.3) is 6.08 Å². The second kappa shape index (κ2) is 6.05. The molecule has 1 N–H and O–H groups in total. The van der Waals surface area contributed by atoms with Gasteiger partial charge in [-0.1, -0.05) is 12.2 Å². The minimum Gasteiger partial charge on any atom is -0.319 e. The Hall–Kier alpha value is -1.82. The van der Waals surface area contributed by atoms with Crippen LogP contribution < -0.4 is 5.32 Å². The fourth-order valence-electron chi connectivity index (χ4n) is 1.30. The summed E-state index contributed by atoms with van der Waals surface area (Å²) >= 11 is 0. The minimum absolute atomic E-state index is 0.265.